The minimum atomic E-state index is -1.13. The Hall–Kier alpha value is -2.79. The van der Waals surface area contributed by atoms with Crippen molar-refractivity contribution in [2.45, 2.75) is 29.6 Å². The Morgan fingerprint density at radius 1 is 1.07 bits per heavy atom. The van der Waals surface area contributed by atoms with Crippen molar-refractivity contribution < 1.29 is 14.9 Å². The molecule has 4 heterocycles. The maximum atomic E-state index is 10.5. The summed E-state index contributed by atoms with van der Waals surface area (Å²) in [7, 11) is 0. The number of anilines is 1. The van der Waals surface area contributed by atoms with Crippen molar-refractivity contribution in [2.75, 3.05) is 11.5 Å². The third-order valence-corrected chi connectivity index (χ3v) is 5.99. The van der Waals surface area contributed by atoms with E-state index in [0.29, 0.717) is 16.9 Å². The molecule has 0 aliphatic carbocycles. The van der Waals surface area contributed by atoms with Gasteiger partial charge in [0.05, 0.1) is 23.0 Å². The van der Waals surface area contributed by atoms with Crippen molar-refractivity contribution in [3.63, 3.8) is 0 Å². The standard InChI is InChI=1S/C19H18N6O3S/c20-17-14-18(22-8-21-17)25(9-23-14)19-16(27)15(26)12(28-19)7-29-13-6-5-10-3-1-2-4-11(10)24-13/h1-6,8-9,12,15-16,19,26-27H,7H2,(H2,20,21,22)/t12-,15-,16-,19?/m1/s1. The topological polar surface area (TPSA) is 132 Å². The molecule has 0 saturated carbocycles. The number of fused-ring (bicyclic) bond motifs is 2. The number of hydrogen-bond donors (Lipinski definition) is 3. The number of thioether (sulfide) groups is 1. The van der Waals surface area contributed by atoms with Crippen LogP contribution in [0.1, 0.15) is 6.23 Å². The molecule has 4 atom stereocenters. The average molecular weight is 410 g/mol. The van der Waals surface area contributed by atoms with Crippen LogP contribution >= 0.6 is 11.8 Å². The molecule has 29 heavy (non-hydrogen) atoms. The van der Waals surface area contributed by atoms with Gasteiger partial charge >= 0.3 is 0 Å². The molecule has 0 radical (unpaired) electrons. The minimum Gasteiger partial charge on any atom is -0.387 e. The maximum Gasteiger partial charge on any atom is 0.167 e. The van der Waals surface area contributed by atoms with E-state index in [2.05, 4.69) is 19.9 Å². The molecule has 4 N–H and O–H groups in total. The second-order valence-electron chi connectivity index (χ2n) is 6.78. The highest BCUT2D eigenvalue weighted by Crippen LogP contribution is 2.34. The fraction of sp³-hybridized carbons (Fsp3) is 0.263. The summed E-state index contributed by atoms with van der Waals surface area (Å²) >= 11 is 1.47. The van der Waals surface area contributed by atoms with Crippen LogP contribution in [0.2, 0.25) is 0 Å². The second-order valence-corrected chi connectivity index (χ2v) is 7.82. The predicted octanol–water partition coefficient (Wildman–Crippen LogP) is 1.37. The Bertz CT molecular complexity index is 1190. The number of ether oxygens (including phenoxy) is 1. The van der Waals surface area contributed by atoms with Crippen LogP contribution in [0, 0.1) is 0 Å². The molecular weight excluding hydrogens is 392 g/mol. The highest BCUT2D eigenvalue weighted by molar-refractivity contribution is 7.99. The number of hydrogen-bond acceptors (Lipinski definition) is 9. The molecule has 0 spiro atoms. The smallest absolute Gasteiger partial charge is 0.167 e. The SMILES string of the molecule is Nc1ncnc2c1ncn2C1O[C@H](CSc2ccc3ccccc3n2)[C@@H](O)[C@H]1O. The summed E-state index contributed by atoms with van der Waals surface area (Å²) in [6.45, 7) is 0. The van der Waals surface area contributed by atoms with Gasteiger partial charge in [-0.2, -0.15) is 0 Å². The average Bonchev–Trinajstić information content (AvgIpc) is 3.29. The molecule has 1 aliphatic heterocycles. The number of benzene rings is 1. The molecule has 0 bridgehead atoms. The van der Waals surface area contributed by atoms with E-state index in [1.165, 1.54) is 24.4 Å². The highest BCUT2D eigenvalue weighted by atomic mass is 32.2. The predicted molar refractivity (Wildman–Crippen MR) is 108 cm³/mol. The Morgan fingerprint density at radius 2 is 1.93 bits per heavy atom. The van der Waals surface area contributed by atoms with Crippen molar-refractivity contribution >= 4 is 39.6 Å². The van der Waals surface area contributed by atoms with Crippen molar-refractivity contribution in [2.24, 2.45) is 0 Å². The van der Waals surface area contributed by atoms with Crippen molar-refractivity contribution in [3.8, 4) is 0 Å². The van der Waals surface area contributed by atoms with E-state index in [4.69, 9.17) is 10.5 Å². The Kier molecular flexibility index (Phi) is 4.55. The van der Waals surface area contributed by atoms with Crippen LogP contribution in [0.15, 0.2) is 54.1 Å². The number of aliphatic hydroxyl groups excluding tert-OH is 2. The summed E-state index contributed by atoms with van der Waals surface area (Å²) in [5.74, 6) is 0.681. The molecule has 1 saturated heterocycles. The zero-order valence-electron chi connectivity index (χ0n) is 15.2. The third-order valence-electron chi connectivity index (χ3n) is 4.97. The fourth-order valence-corrected chi connectivity index (χ4v) is 4.39. The van der Waals surface area contributed by atoms with Crippen LogP contribution in [-0.4, -0.2) is 58.8 Å². The van der Waals surface area contributed by atoms with Gasteiger partial charge in [0.1, 0.15) is 24.1 Å². The summed E-state index contributed by atoms with van der Waals surface area (Å²) < 4.78 is 7.53. The van der Waals surface area contributed by atoms with E-state index in [0.717, 1.165) is 15.9 Å². The van der Waals surface area contributed by atoms with E-state index in [1.807, 2.05) is 36.4 Å². The summed E-state index contributed by atoms with van der Waals surface area (Å²) in [5.41, 5.74) is 7.60. The number of nitrogen functional groups attached to an aromatic ring is 1. The van der Waals surface area contributed by atoms with Gasteiger partial charge in [0.2, 0.25) is 0 Å². The number of para-hydroxylation sites is 1. The summed E-state index contributed by atoms with van der Waals surface area (Å²) in [4.78, 5) is 16.9. The van der Waals surface area contributed by atoms with Gasteiger partial charge in [0, 0.05) is 11.1 Å². The zero-order valence-corrected chi connectivity index (χ0v) is 16.0. The number of rotatable bonds is 4. The van der Waals surface area contributed by atoms with Crippen LogP contribution in [0.25, 0.3) is 22.1 Å². The Labute approximate surface area is 169 Å². The lowest BCUT2D eigenvalue weighted by Crippen LogP contribution is -2.32. The van der Waals surface area contributed by atoms with Gasteiger partial charge < -0.3 is 20.7 Å². The molecule has 148 valence electrons. The molecule has 1 aromatic carbocycles. The number of nitrogens with two attached hydrogens (primary N) is 1. The molecule has 5 rings (SSSR count). The lowest BCUT2D eigenvalue weighted by Gasteiger charge is -2.16. The normalized spacial score (nSPS) is 24.5. The number of nitrogens with zero attached hydrogens (tertiary/aromatic N) is 5. The lowest BCUT2D eigenvalue weighted by molar-refractivity contribution is -0.0289. The molecule has 10 heteroatoms. The van der Waals surface area contributed by atoms with Crippen LogP contribution < -0.4 is 5.73 Å². The molecule has 4 aromatic rings. The molecule has 1 fully saturated rings. The molecule has 9 nitrogen and oxygen atoms in total. The van der Waals surface area contributed by atoms with Crippen LogP contribution in [0.4, 0.5) is 5.82 Å². The Balaban J connectivity index is 1.34. The molecule has 0 amide bonds. The van der Waals surface area contributed by atoms with Gasteiger partial charge in [0.15, 0.2) is 17.7 Å². The molecule has 1 unspecified atom stereocenters. The third kappa shape index (κ3) is 3.19. The van der Waals surface area contributed by atoms with Gasteiger partial charge in [-0.1, -0.05) is 24.3 Å². The molecular formula is C19H18N6O3S. The van der Waals surface area contributed by atoms with Crippen LogP contribution in [0.5, 0.6) is 0 Å². The minimum absolute atomic E-state index is 0.247. The quantitative estimate of drug-likeness (QED) is 0.427. The van der Waals surface area contributed by atoms with Gasteiger partial charge in [-0.3, -0.25) is 4.57 Å². The second kappa shape index (κ2) is 7.23. The van der Waals surface area contributed by atoms with E-state index < -0.39 is 24.5 Å². The van der Waals surface area contributed by atoms with Crippen LogP contribution in [0.3, 0.4) is 0 Å². The van der Waals surface area contributed by atoms with E-state index in [-0.39, 0.29) is 5.82 Å². The number of pyridine rings is 1. The summed E-state index contributed by atoms with van der Waals surface area (Å²) in [6, 6.07) is 11.8. The van der Waals surface area contributed by atoms with Crippen molar-refractivity contribution in [1.29, 1.82) is 0 Å². The van der Waals surface area contributed by atoms with Gasteiger partial charge in [-0.05, 0) is 12.1 Å². The van der Waals surface area contributed by atoms with Gasteiger partial charge in [0.25, 0.3) is 0 Å². The first kappa shape index (κ1) is 18.3. The van der Waals surface area contributed by atoms with E-state index in [9.17, 15) is 10.2 Å². The van der Waals surface area contributed by atoms with Gasteiger partial charge in [-0.25, -0.2) is 19.9 Å². The molecule has 3 aromatic heterocycles. The Morgan fingerprint density at radius 3 is 2.83 bits per heavy atom. The monoisotopic (exact) mass is 410 g/mol. The lowest BCUT2D eigenvalue weighted by atomic mass is 10.1. The van der Waals surface area contributed by atoms with E-state index in [1.54, 1.807) is 4.57 Å². The van der Waals surface area contributed by atoms with Gasteiger partial charge in [-0.15, -0.1) is 11.8 Å². The highest BCUT2D eigenvalue weighted by Gasteiger charge is 2.44. The number of aromatic nitrogens is 5. The summed E-state index contributed by atoms with van der Waals surface area (Å²) in [5, 5.41) is 22.9. The first-order valence-electron chi connectivity index (χ1n) is 9.05. The number of imidazole rings is 1. The largest absolute Gasteiger partial charge is 0.387 e. The maximum absolute atomic E-state index is 10.5. The first-order valence-corrected chi connectivity index (χ1v) is 10.0. The fourth-order valence-electron chi connectivity index (χ4n) is 3.45. The number of aliphatic hydroxyl groups is 2. The summed E-state index contributed by atoms with van der Waals surface area (Å²) in [6.07, 6.45) is -0.768. The zero-order chi connectivity index (χ0) is 20.0. The van der Waals surface area contributed by atoms with Crippen LogP contribution in [-0.2, 0) is 4.74 Å². The van der Waals surface area contributed by atoms with Crippen molar-refractivity contribution in [1.82, 2.24) is 24.5 Å². The molecule has 1 aliphatic rings. The van der Waals surface area contributed by atoms with Crippen molar-refractivity contribution in [3.05, 3.63) is 49.1 Å². The van der Waals surface area contributed by atoms with E-state index >= 15 is 0 Å². The first-order chi connectivity index (χ1) is 14.1.